The normalized spacial score (nSPS) is 14.8. The van der Waals surface area contributed by atoms with Gasteiger partial charge in [-0.3, -0.25) is 4.90 Å². The SMILES string of the molecule is C=C(P)C(C)CC/C(=C\C)C(c1ccc(F)c(C)c1)N(CC)CC. The summed E-state index contributed by atoms with van der Waals surface area (Å²) < 4.78 is 13.7. The van der Waals surface area contributed by atoms with Crippen molar-refractivity contribution >= 4 is 9.24 Å². The summed E-state index contributed by atoms with van der Waals surface area (Å²) in [6.07, 6.45) is 4.35. The molecule has 134 valence electrons. The Kier molecular flexibility index (Phi) is 8.87. The molecule has 0 heterocycles. The lowest BCUT2D eigenvalue weighted by Crippen LogP contribution is -2.30. The van der Waals surface area contributed by atoms with Crippen LogP contribution < -0.4 is 0 Å². The Morgan fingerprint density at radius 2 is 1.96 bits per heavy atom. The van der Waals surface area contributed by atoms with Crippen LogP contribution in [0.5, 0.6) is 0 Å². The van der Waals surface area contributed by atoms with Crippen LogP contribution in [0.4, 0.5) is 4.39 Å². The van der Waals surface area contributed by atoms with E-state index in [9.17, 15) is 4.39 Å². The number of aryl methyl sites for hydroxylation is 1. The summed E-state index contributed by atoms with van der Waals surface area (Å²) in [6.45, 7) is 16.5. The molecule has 0 radical (unpaired) electrons. The second kappa shape index (κ2) is 10.1. The molecule has 3 unspecified atom stereocenters. The molecule has 0 spiro atoms. The maximum absolute atomic E-state index is 13.7. The van der Waals surface area contributed by atoms with Gasteiger partial charge in [0.2, 0.25) is 0 Å². The molecule has 0 saturated carbocycles. The molecule has 3 heteroatoms. The Hall–Kier alpha value is -0.980. The smallest absolute Gasteiger partial charge is 0.126 e. The minimum absolute atomic E-state index is 0.132. The van der Waals surface area contributed by atoms with Gasteiger partial charge in [0.25, 0.3) is 0 Å². The summed E-state index contributed by atoms with van der Waals surface area (Å²) in [5.74, 6) is 0.351. The van der Waals surface area contributed by atoms with Crippen LogP contribution in [0.2, 0.25) is 0 Å². The molecule has 0 aromatic heterocycles. The van der Waals surface area contributed by atoms with Crippen molar-refractivity contribution in [3.63, 3.8) is 0 Å². The fraction of sp³-hybridized carbons (Fsp3) is 0.524. The maximum Gasteiger partial charge on any atom is 0.126 e. The fourth-order valence-corrected chi connectivity index (χ4v) is 3.26. The van der Waals surface area contributed by atoms with Gasteiger partial charge < -0.3 is 0 Å². The molecule has 0 amide bonds. The predicted octanol–water partition coefficient (Wildman–Crippen LogP) is 6.27. The van der Waals surface area contributed by atoms with Gasteiger partial charge in [-0.1, -0.05) is 56.4 Å². The van der Waals surface area contributed by atoms with E-state index in [0.717, 1.165) is 31.2 Å². The van der Waals surface area contributed by atoms with E-state index in [-0.39, 0.29) is 11.9 Å². The van der Waals surface area contributed by atoms with E-state index in [2.05, 4.69) is 54.5 Å². The zero-order valence-electron chi connectivity index (χ0n) is 15.9. The summed E-state index contributed by atoms with van der Waals surface area (Å²) in [4.78, 5) is 2.45. The third kappa shape index (κ3) is 5.53. The first-order chi connectivity index (χ1) is 11.3. The molecule has 0 aliphatic rings. The fourth-order valence-electron chi connectivity index (χ4n) is 3.09. The number of likely N-dealkylation sites (N-methyl/N-ethyl adjacent to an activating group) is 1. The van der Waals surface area contributed by atoms with Gasteiger partial charge in [-0.25, -0.2) is 4.39 Å². The second-order valence-corrected chi connectivity index (χ2v) is 7.25. The van der Waals surface area contributed by atoms with Crippen LogP contribution in [0.15, 0.2) is 41.7 Å². The monoisotopic (exact) mass is 349 g/mol. The summed E-state index contributed by atoms with van der Waals surface area (Å²) in [5.41, 5.74) is 3.30. The summed E-state index contributed by atoms with van der Waals surface area (Å²) in [7, 11) is 2.72. The van der Waals surface area contributed by atoms with Crippen LogP contribution in [-0.2, 0) is 0 Å². The van der Waals surface area contributed by atoms with Crippen molar-refractivity contribution in [2.75, 3.05) is 13.1 Å². The minimum Gasteiger partial charge on any atom is -0.293 e. The summed E-state index contributed by atoms with van der Waals surface area (Å²) in [6, 6.07) is 5.75. The van der Waals surface area contributed by atoms with E-state index in [1.807, 2.05) is 19.1 Å². The molecule has 0 N–H and O–H groups in total. The molecule has 0 bridgehead atoms. The third-order valence-corrected chi connectivity index (χ3v) is 5.47. The van der Waals surface area contributed by atoms with E-state index in [1.165, 1.54) is 11.1 Å². The first-order valence-electron chi connectivity index (χ1n) is 8.95. The summed E-state index contributed by atoms with van der Waals surface area (Å²) in [5, 5.41) is 1.16. The van der Waals surface area contributed by atoms with E-state index < -0.39 is 0 Å². The minimum atomic E-state index is -0.132. The topological polar surface area (TPSA) is 3.24 Å². The van der Waals surface area contributed by atoms with Gasteiger partial charge in [0.05, 0.1) is 6.04 Å². The predicted molar refractivity (Wildman–Crippen MR) is 108 cm³/mol. The quantitative estimate of drug-likeness (QED) is 0.375. The molecule has 0 saturated heterocycles. The zero-order chi connectivity index (χ0) is 18.3. The van der Waals surface area contributed by atoms with Crippen molar-refractivity contribution in [1.82, 2.24) is 4.90 Å². The van der Waals surface area contributed by atoms with Crippen molar-refractivity contribution in [3.05, 3.63) is 58.7 Å². The van der Waals surface area contributed by atoms with Crippen LogP contribution in [0, 0.1) is 18.7 Å². The Labute approximate surface area is 150 Å². The average molecular weight is 349 g/mol. The van der Waals surface area contributed by atoms with Gasteiger partial charge in [-0.2, -0.15) is 0 Å². The van der Waals surface area contributed by atoms with E-state index in [0.29, 0.717) is 11.5 Å². The highest BCUT2D eigenvalue weighted by Gasteiger charge is 2.23. The molecule has 1 aromatic carbocycles. The molecule has 1 rings (SSSR count). The molecule has 1 nitrogen and oxygen atoms in total. The third-order valence-electron chi connectivity index (χ3n) is 4.90. The molecular formula is C21H33FNP. The average Bonchev–Trinajstić information content (AvgIpc) is 2.56. The Bertz CT molecular complexity index is 575. The summed E-state index contributed by atoms with van der Waals surface area (Å²) >= 11 is 0. The van der Waals surface area contributed by atoms with Gasteiger partial charge in [0, 0.05) is 0 Å². The number of hydrogen-bond donors (Lipinski definition) is 0. The van der Waals surface area contributed by atoms with Crippen molar-refractivity contribution < 1.29 is 4.39 Å². The van der Waals surface area contributed by atoms with Crippen molar-refractivity contribution in [3.8, 4) is 0 Å². The number of allylic oxidation sites excluding steroid dienone is 2. The first kappa shape index (κ1) is 21.1. The van der Waals surface area contributed by atoms with Gasteiger partial charge in [0.1, 0.15) is 5.82 Å². The van der Waals surface area contributed by atoms with E-state index >= 15 is 0 Å². The lowest BCUT2D eigenvalue weighted by atomic mass is 9.90. The lowest BCUT2D eigenvalue weighted by molar-refractivity contribution is 0.241. The van der Waals surface area contributed by atoms with Crippen molar-refractivity contribution in [2.24, 2.45) is 5.92 Å². The van der Waals surface area contributed by atoms with Crippen LogP contribution in [-0.4, -0.2) is 18.0 Å². The van der Waals surface area contributed by atoms with Gasteiger partial charge in [0.15, 0.2) is 0 Å². The van der Waals surface area contributed by atoms with Gasteiger partial charge in [-0.15, -0.1) is 9.24 Å². The number of hydrogen-bond acceptors (Lipinski definition) is 1. The van der Waals surface area contributed by atoms with Crippen LogP contribution >= 0.6 is 9.24 Å². The molecule has 1 aromatic rings. The van der Waals surface area contributed by atoms with E-state index in [4.69, 9.17) is 0 Å². The number of benzene rings is 1. The van der Waals surface area contributed by atoms with Crippen LogP contribution in [0.3, 0.4) is 0 Å². The first-order valence-corrected chi connectivity index (χ1v) is 9.52. The van der Waals surface area contributed by atoms with Crippen LogP contribution in [0.25, 0.3) is 0 Å². The molecule has 0 fully saturated rings. The van der Waals surface area contributed by atoms with Crippen LogP contribution in [0.1, 0.15) is 57.7 Å². The largest absolute Gasteiger partial charge is 0.293 e. The van der Waals surface area contributed by atoms with Gasteiger partial charge >= 0.3 is 0 Å². The standard InChI is InChI=1S/C21H33FNP/c1-7-18(11-10-15(4)17(6)24)21(23(8-2)9-3)19-12-13-20(22)16(5)14-19/h7,12-15,21H,6,8-11,24H2,1-5H3/b18-7+. The molecule has 0 aliphatic heterocycles. The number of halogens is 1. The Morgan fingerprint density at radius 1 is 1.33 bits per heavy atom. The highest BCUT2D eigenvalue weighted by molar-refractivity contribution is 7.22. The number of rotatable bonds is 9. The van der Waals surface area contributed by atoms with Gasteiger partial charge in [-0.05, 0) is 62.9 Å². The zero-order valence-corrected chi connectivity index (χ0v) is 17.1. The highest BCUT2D eigenvalue weighted by atomic mass is 31.0. The maximum atomic E-state index is 13.7. The lowest BCUT2D eigenvalue weighted by Gasteiger charge is -2.33. The molecule has 0 aliphatic carbocycles. The Morgan fingerprint density at radius 3 is 2.42 bits per heavy atom. The van der Waals surface area contributed by atoms with Crippen molar-refractivity contribution in [1.29, 1.82) is 0 Å². The number of nitrogens with zero attached hydrogens (tertiary/aromatic N) is 1. The molecular weight excluding hydrogens is 316 g/mol. The molecule has 3 atom stereocenters. The van der Waals surface area contributed by atoms with E-state index in [1.54, 1.807) is 6.07 Å². The highest BCUT2D eigenvalue weighted by Crippen LogP contribution is 2.34. The van der Waals surface area contributed by atoms with Crippen molar-refractivity contribution in [2.45, 2.75) is 53.5 Å². The second-order valence-electron chi connectivity index (χ2n) is 6.51. The molecule has 24 heavy (non-hydrogen) atoms. The Balaban J connectivity index is 3.15.